The van der Waals surface area contributed by atoms with Gasteiger partial charge < -0.3 is 0 Å². The minimum atomic E-state index is -3.68. The Morgan fingerprint density at radius 1 is 1.26 bits per heavy atom. The van der Waals surface area contributed by atoms with Crippen molar-refractivity contribution in [3.63, 3.8) is 0 Å². The first kappa shape index (κ1) is 16.4. The van der Waals surface area contributed by atoms with Gasteiger partial charge in [0.15, 0.2) is 0 Å². The van der Waals surface area contributed by atoms with Gasteiger partial charge >= 0.3 is 0 Å². The first-order valence-electron chi connectivity index (χ1n) is 7.00. The molecule has 4 nitrogen and oxygen atoms in total. The molecular weight excluding hydrogens is 352 g/mol. The predicted octanol–water partition coefficient (Wildman–Crippen LogP) is 4.30. The molecule has 0 unspecified atom stereocenters. The number of thiophene rings is 1. The van der Waals surface area contributed by atoms with Gasteiger partial charge in [-0.2, -0.15) is 0 Å². The van der Waals surface area contributed by atoms with Gasteiger partial charge in [-0.3, -0.25) is 4.98 Å². The van der Waals surface area contributed by atoms with Crippen LogP contribution in [-0.4, -0.2) is 13.4 Å². The fraction of sp³-hybridized carbons (Fsp3) is 0.188. The molecular formula is C16H15ClN2O2S2. The topological polar surface area (TPSA) is 59.1 Å². The van der Waals surface area contributed by atoms with Crippen LogP contribution < -0.4 is 4.72 Å². The van der Waals surface area contributed by atoms with E-state index in [0.717, 1.165) is 9.58 Å². The number of fused-ring (bicyclic) bond motifs is 1. The SMILES string of the molecule is Cc1sc2ccc(Cl)cc2c1S(=O)(=O)N[C@@H](C)c1ccccn1. The van der Waals surface area contributed by atoms with Gasteiger partial charge in [-0.15, -0.1) is 11.3 Å². The van der Waals surface area contributed by atoms with Crippen LogP contribution in [0.15, 0.2) is 47.5 Å². The molecule has 0 spiro atoms. The van der Waals surface area contributed by atoms with Crippen LogP contribution in [0.4, 0.5) is 0 Å². The van der Waals surface area contributed by atoms with Crippen LogP contribution in [0.25, 0.3) is 10.1 Å². The predicted molar refractivity (Wildman–Crippen MR) is 94.5 cm³/mol. The summed E-state index contributed by atoms with van der Waals surface area (Å²) >= 11 is 7.47. The van der Waals surface area contributed by atoms with Crippen LogP contribution >= 0.6 is 22.9 Å². The Labute approximate surface area is 144 Å². The lowest BCUT2D eigenvalue weighted by Crippen LogP contribution is -2.27. The third kappa shape index (κ3) is 3.26. The number of benzene rings is 1. The first-order valence-corrected chi connectivity index (χ1v) is 9.68. The highest BCUT2D eigenvalue weighted by atomic mass is 35.5. The Morgan fingerprint density at radius 3 is 2.74 bits per heavy atom. The number of hydrogen-bond donors (Lipinski definition) is 1. The molecule has 3 rings (SSSR count). The van der Waals surface area contributed by atoms with E-state index >= 15 is 0 Å². The van der Waals surface area contributed by atoms with Crippen molar-refractivity contribution in [2.24, 2.45) is 0 Å². The number of pyridine rings is 1. The fourth-order valence-electron chi connectivity index (χ4n) is 2.49. The normalized spacial score (nSPS) is 13.3. The molecule has 0 amide bonds. The molecule has 0 aliphatic carbocycles. The van der Waals surface area contributed by atoms with Crippen molar-refractivity contribution >= 4 is 43.0 Å². The van der Waals surface area contributed by atoms with Crippen molar-refractivity contribution in [1.29, 1.82) is 0 Å². The zero-order valence-corrected chi connectivity index (χ0v) is 15.0. The molecule has 2 heterocycles. The zero-order valence-electron chi connectivity index (χ0n) is 12.6. The third-order valence-electron chi connectivity index (χ3n) is 3.50. The summed E-state index contributed by atoms with van der Waals surface area (Å²) in [4.78, 5) is 5.23. The van der Waals surface area contributed by atoms with Crippen LogP contribution in [0, 0.1) is 6.92 Å². The molecule has 120 valence electrons. The minimum absolute atomic E-state index is 0.294. The number of aryl methyl sites for hydroxylation is 1. The second-order valence-corrected chi connectivity index (χ2v) is 8.57. The van der Waals surface area contributed by atoms with Crippen molar-refractivity contribution in [3.05, 3.63) is 58.2 Å². The highest BCUT2D eigenvalue weighted by molar-refractivity contribution is 7.90. The highest BCUT2D eigenvalue weighted by Crippen LogP contribution is 2.36. The van der Waals surface area contributed by atoms with E-state index in [1.165, 1.54) is 11.3 Å². The molecule has 0 aliphatic heterocycles. The zero-order chi connectivity index (χ0) is 16.6. The molecule has 3 aromatic rings. The maximum Gasteiger partial charge on any atom is 0.242 e. The Kier molecular flexibility index (Phi) is 4.42. The van der Waals surface area contributed by atoms with Gasteiger partial charge in [0.25, 0.3) is 0 Å². The molecule has 0 saturated carbocycles. The minimum Gasteiger partial charge on any atom is -0.260 e. The summed E-state index contributed by atoms with van der Waals surface area (Å²) in [7, 11) is -3.68. The second-order valence-electron chi connectivity index (χ2n) is 5.23. The Bertz CT molecular complexity index is 953. The molecule has 0 bridgehead atoms. The standard InChI is InChI=1S/C16H15ClN2O2S2/c1-10(14-5-3-4-8-18-14)19-23(20,21)16-11(2)22-15-7-6-12(17)9-13(15)16/h3-10,19H,1-2H3/t10-/m0/s1. The first-order chi connectivity index (χ1) is 10.9. The molecule has 0 fully saturated rings. The molecule has 0 aliphatic rings. The Balaban J connectivity index is 2.03. The van der Waals surface area contributed by atoms with Gasteiger partial charge in [-0.25, -0.2) is 13.1 Å². The second kappa shape index (κ2) is 6.20. The number of nitrogens with zero attached hydrogens (tertiary/aromatic N) is 1. The van der Waals surface area contributed by atoms with E-state index in [1.807, 2.05) is 12.1 Å². The monoisotopic (exact) mass is 366 g/mol. The van der Waals surface area contributed by atoms with Crippen molar-refractivity contribution in [1.82, 2.24) is 9.71 Å². The highest BCUT2D eigenvalue weighted by Gasteiger charge is 2.25. The van der Waals surface area contributed by atoms with Gasteiger partial charge in [0.1, 0.15) is 4.90 Å². The van der Waals surface area contributed by atoms with Crippen LogP contribution in [0.1, 0.15) is 23.5 Å². The van der Waals surface area contributed by atoms with Gasteiger partial charge in [0, 0.05) is 26.2 Å². The van der Waals surface area contributed by atoms with Crippen molar-refractivity contribution < 1.29 is 8.42 Å². The van der Waals surface area contributed by atoms with Gasteiger partial charge in [0.2, 0.25) is 10.0 Å². The lowest BCUT2D eigenvalue weighted by atomic mass is 10.2. The summed E-state index contributed by atoms with van der Waals surface area (Å²) in [6.07, 6.45) is 1.64. The van der Waals surface area contributed by atoms with Crippen LogP contribution in [0.2, 0.25) is 5.02 Å². The van der Waals surface area contributed by atoms with Crippen molar-refractivity contribution in [2.45, 2.75) is 24.8 Å². The lowest BCUT2D eigenvalue weighted by Gasteiger charge is -2.14. The van der Waals surface area contributed by atoms with Gasteiger partial charge in [0.05, 0.1) is 11.7 Å². The van der Waals surface area contributed by atoms with Crippen molar-refractivity contribution in [3.8, 4) is 0 Å². The average Bonchev–Trinajstić information content (AvgIpc) is 2.83. The average molecular weight is 367 g/mol. The maximum absolute atomic E-state index is 12.8. The molecule has 23 heavy (non-hydrogen) atoms. The fourth-order valence-corrected chi connectivity index (χ4v) is 5.66. The van der Waals surface area contributed by atoms with E-state index in [4.69, 9.17) is 11.6 Å². The van der Waals surface area contributed by atoms with Crippen LogP contribution in [-0.2, 0) is 10.0 Å². The van der Waals surface area contributed by atoms with E-state index in [9.17, 15) is 8.42 Å². The quantitative estimate of drug-likeness (QED) is 0.749. The summed E-state index contributed by atoms with van der Waals surface area (Å²) < 4.78 is 29.3. The third-order valence-corrected chi connectivity index (χ3v) is 6.68. The lowest BCUT2D eigenvalue weighted by molar-refractivity contribution is 0.564. The molecule has 1 aromatic carbocycles. The maximum atomic E-state index is 12.8. The Hall–Kier alpha value is -1.47. The van der Waals surface area contributed by atoms with Crippen LogP contribution in [0.5, 0.6) is 0 Å². The van der Waals surface area contributed by atoms with E-state index < -0.39 is 16.1 Å². The largest absolute Gasteiger partial charge is 0.260 e. The molecule has 0 radical (unpaired) electrons. The number of hydrogen-bond acceptors (Lipinski definition) is 4. The van der Waals surface area contributed by atoms with E-state index in [0.29, 0.717) is 21.0 Å². The van der Waals surface area contributed by atoms with Gasteiger partial charge in [-0.1, -0.05) is 17.7 Å². The summed E-state index contributed by atoms with van der Waals surface area (Å²) in [6.45, 7) is 3.58. The van der Waals surface area contributed by atoms with E-state index in [2.05, 4.69) is 9.71 Å². The van der Waals surface area contributed by atoms with E-state index in [-0.39, 0.29) is 0 Å². The number of halogens is 1. The number of nitrogens with one attached hydrogen (secondary N) is 1. The Morgan fingerprint density at radius 2 is 2.04 bits per heavy atom. The molecule has 2 aromatic heterocycles. The smallest absolute Gasteiger partial charge is 0.242 e. The molecule has 1 N–H and O–H groups in total. The summed E-state index contributed by atoms with van der Waals surface area (Å²) in [6, 6.07) is 10.3. The van der Waals surface area contributed by atoms with E-state index in [1.54, 1.807) is 44.3 Å². The number of rotatable bonds is 4. The summed E-state index contributed by atoms with van der Waals surface area (Å²) in [5.41, 5.74) is 0.672. The summed E-state index contributed by atoms with van der Waals surface area (Å²) in [5, 5.41) is 1.17. The summed E-state index contributed by atoms with van der Waals surface area (Å²) in [5.74, 6) is 0. The molecule has 7 heteroatoms. The van der Waals surface area contributed by atoms with Crippen LogP contribution in [0.3, 0.4) is 0 Å². The van der Waals surface area contributed by atoms with Gasteiger partial charge in [-0.05, 0) is 44.2 Å². The van der Waals surface area contributed by atoms with Crippen molar-refractivity contribution in [2.75, 3.05) is 0 Å². The molecule has 1 atom stereocenters. The molecule has 0 saturated heterocycles. The number of aromatic nitrogens is 1. The number of sulfonamides is 1.